The Kier molecular flexibility index (Phi) is 4.43. The lowest BCUT2D eigenvalue weighted by Gasteiger charge is -2.05. The first-order chi connectivity index (χ1) is 7.09. The second kappa shape index (κ2) is 5.61. The van der Waals surface area contributed by atoms with Crippen LogP contribution < -0.4 is 5.32 Å². The number of aryl methyl sites for hydroxylation is 1. The number of hydrogen-bond acceptors (Lipinski definition) is 2. The van der Waals surface area contributed by atoms with Crippen LogP contribution in [-0.4, -0.2) is 12.3 Å². The fourth-order valence-electron chi connectivity index (χ4n) is 1.31. The first-order valence-corrected chi connectivity index (χ1v) is 5.05. The van der Waals surface area contributed by atoms with E-state index in [-0.39, 0.29) is 11.6 Å². The van der Waals surface area contributed by atoms with Crippen molar-refractivity contribution in [1.29, 1.82) is 0 Å². The monoisotopic (exact) mass is 209 g/mol. The van der Waals surface area contributed by atoms with Crippen molar-refractivity contribution in [2.75, 3.05) is 6.54 Å². The van der Waals surface area contributed by atoms with Crippen LogP contribution in [0.4, 0.5) is 4.39 Å². The van der Waals surface area contributed by atoms with Crippen LogP contribution in [0.1, 0.15) is 24.5 Å². The van der Waals surface area contributed by atoms with E-state index in [4.69, 9.17) is 0 Å². The fourth-order valence-corrected chi connectivity index (χ4v) is 1.31. The molecule has 0 spiro atoms. The molecule has 0 aromatic heterocycles. The molecule has 0 saturated heterocycles. The first kappa shape index (κ1) is 11.9. The predicted octanol–water partition coefficient (Wildman–Crippen LogP) is 2.20. The van der Waals surface area contributed by atoms with E-state index in [2.05, 4.69) is 5.32 Å². The summed E-state index contributed by atoms with van der Waals surface area (Å²) >= 11 is 0. The molecule has 1 aromatic rings. The highest BCUT2D eigenvalue weighted by Crippen LogP contribution is 2.08. The largest absolute Gasteiger partial charge is 0.312 e. The number of Topliss-reactive ketones (excluding diaryl/α,β-unsaturated/α-hetero) is 1. The Bertz CT molecular complexity index is 349. The number of rotatable bonds is 5. The first-order valence-electron chi connectivity index (χ1n) is 5.05. The molecule has 0 bridgehead atoms. The van der Waals surface area contributed by atoms with Crippen molar-refractivity contribution in [3.8, 4) is 0 Å². The molecule has 0 atom stereocenters. The minimum Gasteiger partial charge on any atom is -0.312 e. The molecule has 0 fully saturated rings. The summed E-state index contributed by atoms with van der Waals surface area (Å²) in [5, 5.41) is 3.14. The van der Waals surface area contributed by atoms with Gasteiger partial charge in [-0.1, -0.05) is 12.1 Å². The van der Waals surface area contributed by atoms with Gasteiger partial charge in [0.15, 0.2) is 0 Å². The molecule has 0 unspecified atom stereocenters. The van der Waals surface area contributed by atoms with E-state index >= 15 is 0 Å². The van der Waals surface area contributed by atoms with Gasteiger partial charge in [0, 0.05) is 19.5 Å². The van der Waals surface area contributed by atoms with Crippen LogP contribution in [0.15, 0.2) is 18.2 Å². The number of nitrogens with one attached hydrogen (secondary N) is 1. The van der Waals surface area contributed by atoms with Gasteiger partial charge in [0.05, 0.1) is 0 Å². The molecular formula is C12H16FNO. The van der Waals surface area contributed by atoms with Crippen LogP contribution >= 0.6 is 0 Å². The number of carbonyl (C=O) groups is 1. The third-order valence-corrected chi connectivity index (χ3v) is 2.21. The second-order valence-electron chi connectivity index (χ2n) is 3.71. The summed E-state index contributed by atoms with van der Waals surface area (Å²) in [4.78, 5) is 10.7. The molecule has 0 amide bonds. The van der Waals surface area contributed by atoms with Gasteiger partial charge in [-0.05, 0) is 31.0 Å². The van der Waals surface area contributed by atoms with E-state index in [9.17, 15) is 9.18 Å². The van der Waals surface area contributed by atoms with Gasteiger partial charge >= 0.3 is 0 Å². The average Bonchev–Trinajstić information content (AvgIpc) is 2.18. The van der Waals surface area contributed by atoms with Gasteiger partial charge < -0.3 is 5.32 Å². The number of benzene rings is 1. The van der Waals surface area contributed by atoms with Crippen molar-refractivity contribution in [2.24, 2.45) is 0 Å². The Morgan fingerprint density at radius 2 is 2.20 bits per heavy atom. The van der Waals surface area contributed by atoms with Crippen LogP contribution in [0.5, 0.6) is 0 Å². The van der Waals surface area contributed by atoms with Gasteiger partial charge in [-0.3, -0.25) is 4.79 Å². The summed E-state index contributed by atoms with van der Waals surface area (Å²) < 4.78 is 12.9. The molecule has 0 radical (unpaired) electrons. The highest BCUT2D eigenvalue weighted by molar-refractivity contribution is 5.75. The van der Waals surface area contributed by atoms with Crippen LogP contribution in [0.2, 0.25) is 0 Å². The zero-order valence-electron chi connectivity index (χ0n) is 9.14. The smallest absolute Gasteiger partial charge is 0.131 e. The molecule has 0 aliphatic heterocycles. The van der Waals surface area contributed by atoms with Gasteiger partial charge in [-0.2, -0.15) is 0 Å². The molecule has 82 valence electrons. The molecule has 1 N–H and O–H groups in total. The van der Waals surface area contributed by atoms with Crippen LogP contribution in [0.3, 0.4) is 0 Å². The van der Waals surface area contributed by atoms with E-state index in [0.29, 0.717) is 25.1 Å². The maximum Gasteiger partial charge on any atom is 0.131 e. The van der Waals surface area contributed by atoms with Gasteiger partial charge in [0.2, 0.25) is 0 Å². The molecule has 1 rings (SSSR count). The zero-order chi connectivity index (χ0) is 11.3. The second-order valence-corrected chi connectivity index (χ2v) is 3.71. The molecule has 0 saturated carbocycles. The van der Waals surface area contributed by atoms with E-state index in [1.807, 2.05) is 6.07 Å². The minimum atomic E-state index is -0.178. The Hall–Kier alpha value is -1.22. The summed E-state index contributed by atoms with van der Waals surface area (Å²) in [7, 11) is 0. The lowest BCUT2D eigenvalue weighted by molar-refractivity contribution is -0.116. The Labute approximate surface area is 89.5 Å². The summed E-state index contributed by atoms with van der Waals surface area (Å²) in [6.45, 7) is 4.66. The zero-order valence-corrected chi connectivity index (χ0v) is 9.14. The highest BCUT2D eigenvalue weighted by Gasteiger charge is 1.99. The van der Waals surface area contributed by atoms with Crippen LogP contribution in [-0.2, 0) is 11.3 Å². The van der Waals surface area contributed by atoms with Gasteiger partial charge in [0.1, 0.15) is 11.6 Å². The van der Waals surface area contributed by atoms with Gasteiger partial charge in [0.25, 0.3) is 0 Å². The fraction of sp³-hybridized carbons (Fsp3) is 0.417. The van der Waals surface area contributed by atoms with Crippen molar-refractivity contribution >= 4 is 5.78 Å². The van der Waals surface area contributed by atoms with E-state index in [1.54, 1.807) is 19.9 Å². The Balaban J connectivity index is 2.38. The summed E-state index contributed by atoms with van der Waals surface area (Å²) in [6.07, 6.45) is 0.542. The normalized spacial score (nSPS) is 10.3. The molecule has 2 nitrogen and oxygen atoms in total. The van der Waals surface area contributed by atoms with Crippen molar-refractivity contribution in [2.45, 2.75) is 26.8 Å². The van der Waals surface area contributed by atoms with Gasteiger partial charge in [-0.15, -0.1) is 0 Å². The molecule has 0 aliphatic rings. The van der Waals surface area contributed by atoms with E-state index < -0.39 is 0 Å². The molecule has 3 heteroatoms. The third kappa shape index (κ3) is 4.21. The summed E-state index contributed by atoms with van der Waals surface area (Å²) in [5.41, 5.74) is 1.69. The van der Waals surface area contributed by atoms with E-state index in [1.165, 1.54) is 6.07 Å². The quantitative estimate of drug-likeness (QED) is 0.753. The summed E-state index contributed by atoms with van der Waals surface area (Å²) in [5.74, 6) is 0.000252. The van der Waals surface area contributed by atoms with E-state index in [0.717, 1.165) is 5.56 Å². The Morgan fingerprint density at radius 3 is 2.80 bits per heavy atom. The molecule has 0 heterocycles. The highest BCUT2D eigenvalue weighted by atomic mass is 19.1. The lowest BCUT2D eigenvalue weighted by Crippen LogP contribution is -2.16. The SMILES string of the molecule is CC(=O)CCNCc1ccc(F)c(C)c1. The van der Waals surface area contributed by atoms with Crippen molar-refractivity contribution in [3.05, 3.63) is 35.1 Å². The minimum absolute atomic E-state index is 0.178. The van der Waals surface area contributed by atoms with Crippen LogP contribution in [0.25, 0.3) is 0 Å². The van der Waals surface area contributed by atoms with Crippen molar-refractivity contribution in [1.82, 2.24) is 5.32 Å². The topological polar surface area (TPSA) is 29.1 Å². The van der Waals surface area contributed by atoms with Crippen LogP contribution in [0, 0.1) is 12.7 Å². The number of halogens is 1. The number of ketones is 1. The lowest BCUT2D eigenvalue weighted by atomic mass is 10.1. The predicted molar refractivity (Wildman–Crippen MR) is 58.1 cm³/mol. The maximum absolute atomic E-state index is 12.9. The molecule has 1 aromatic carbocycles. The number of carbonyl (C=O) groups excluding carboxylic acids is 1. The Morgan fingerprint density at radius 1 is 1.47 bits per heavy atom. The molecular weight excluding hydrogens is 193 g/mol. The molecule has 15 heavy (non-hydrogen) atoms. The summed E-state index contributed by atoms with van der Waals surface area (Å²) in [6, 6.07) is 5.04. The maximum atomic E-state index is 12.9. The number of hydrogen-bond donors (Lipinski definition) is 1. The van der Waals surface area contributed by atoms with Gasteiger partial charge in [-0.25, -0.2) is 4.39 Å². The average molecular weight is 209 g/mol. The van der Waals surface area contributed by atoms with Crippen molar-refractivity contribution < 1.29 is 9.18 Å². The van der Waals surface area contributed by atoms with Crippen molar-refractivity contribution in [3.63, 3.8) is 0 Å². The third-order valence-electron chi connectivity index (χ3n) is 2.21. The standard InChI is InChI=1S/C12H16FNO/c1-9-7-11(3-4-12(9)13)8-14-6-5-10(2)15/h3-4,7,14H,5-6,8H2,1-2H3. The molecule has 0 aliphatic carbocycles.